The van der Waals surface area contributed by atoms with E-state index < -0.39 is 0 Å². The molecule has 1 saturated carbocycles. The maximum absolute atomic E-state index is 7.26. The lowest BCUT2D eigenvalue weighted by atomic mass is 10.2. The average Bonchev–Trinajstić information content (AvgIpc) is 3.20. The molecule has 0 aliphatic heterocycles. The number of methoxy groups -OCH3 is 1. The fraction of sp³-hybridized carbons (Fsp3) is 0.500. The number of aromatic nitrogens is 5. The highest BCUT2D eigenvalue weighted by molar-refractivity contribution is 8.02. The van der Waals surface area contributed by atoms with E-state index in [1.807, 2.05) is 11.5 Å². The van der Waals surface area contributed by atoms with Gasteiger partial charge in [-0.25, -0.2) is 4.98 Å². The number of nitrogens with zero attached hydrogens (tertiary/aromatic N) is 6. The molecule has 9 nitrogen and oxygen atoms in total. The van der Waals surface area contributed by atoms with Crippen LogP contribution in [0, 0.1) is 11.3 Å². The molecule has 10 heteroatoms. The molecule has 0 spiro atoms. The number of hydrogen-bond acceptors (Lipinski definition) is 9. The molecule has 0 amide bonds. The molecule has 0 aromatic carbocycles. The molecule has 0 radical (unpaired) electrons. The molecule has 2 heterocycles. The second-order valence-corrected chi connectivity index (χ2v) is 8.01. The van der Waals surface area contributed by atoms with Gasteiger partial charge in [0.25, 0.3) is 0 Å². The highest BCUT2D eigenvalue weighted by Crippen LogP contribution is 2.39. The molecule has 3 rings (SSSR count). The van der Waals surface area contributed by atoms with E-state index in [0.717, 1.165) is 47.8 Å². The molecule has 2 aromatic rings. The van der Waals surface area contributed by atoms with E-state index in [-0.39, 0.29) is 5.25 Å². The lowest BCUT2D eigenvalue weighted by Crippen LogP contribution is -2.11. The average molecular weight is 429 g/mol. The fourth-order valence-corrected chi connectivity index (χ4v) is 4.09. The summed E-state index contributed by atoms with van der Waals surface area (Å²) in [4.78, 5) is 13.2. The SMILES string of the molecule is CCCc1nnc(NSC2C(=N/C=C(/C)C=N)C2C)n1-c1c(CC)ncnc1OC. The summed E-state index contributed by atoms with van der Waals surface area (Å²) in [6, 6.07) is 0. The van der Waals surface area contributed by atoms with E-state index in [4.69, 9.17) is 10.1 Å². The Morgan fingerprint density at radius 3 is 2.83 bits per heavy atom. The Bertz CT molecular complexity index is 945. The van der Waals surface area contributed by atoms with Gasteiger partial charge in [-0.2, -0.15) is 4.98 Å². The predicted octanol–water partition coefficient (Wildman–Crippen LogP) is 3.65. The molecule has 2 N–H and O–H groups in total. The lowest BCUT2D eigenvalue weighted by Gasteiger charge is -2.15. The molecule has 2 aromatic heterocycles. The van der Waals surface area contributed by atoms with Crippen molar-refractivity contribution in [3.8, 4) is 11.6 Å². The van der Waals surface area contributed by atoms with Crippen LogP contribution in [0.15, 0.2) is 23.1 Å². The highest BCUT2D eigenvalue weighted by Gasteiger charge is 2.43. The number of hydrogen-bond donors (Lipinski definition) is 2. The van der Waals surface area contributed by atoms with Crippen LogP contribution in [0.1, 0.15) is 45.6 Å². The van der Waals surface area contributed by atoms with Crippen LogP contribution < -0.4 is 9.46 Å². The van der Waals surface area contributed by atoms with E-state index in [2.05, 4.69) is 50.7 Å². The summed E-state index contributed by atoms with van der Waals surface area (Å²) in [6.07, 6.45) is 7.01. The summed E-state index contributed by atoms with van der Waals surface area (Å²) in [5.74, 6) is 2.33. The molecule has 1 aliphatic rings. The molecule has 1 aliphatic carbocycles. The first-order valence-electron chi connectivity index (χ1n) is 10.0. The third-order valence-electron chi connectivity index (χ3n) is 4.85. The Hall–Kier alpha value is -2.75. The number of rotatable bonds is 10. The minimum Gasteiger partial charge on any atom is -0.479 e. The van der Waals surface area contributed by atoms with Crippen LogP contribution in [0.5, 0.6) is 5.88 Å². The first kappa shape index (κ1) is 21.9. The normalized spacial score (nSPS) is 19.8. The summed E-state index contributed by atoms with van der Waals surface area (Å²) in [6.45, 7) is 8.17. The Balaban J connectivity index is 1.89. The van der Waals surface area contributed by atoms with Gasteiger partial charge >= 0.3 is 0 Å². The van der Waals surface area contributed by atoms with Gasteiger partial charge in [0.2, 0.25) is 11.8 Å². The second-order valence-electron chi connectivity index (χ2n) is 7.06. The molecule has 0 bridgehead atoms. The maximum atomic E-state index is 7.26. The molecular weight excluding hydrogens is 400 g/mol. The monoisotopic (exact) mass is 428 g/mol. The van der Waals surface area contributed by atoms with Crippen LogP contribution in [-0.4, -0.2) is 49.0 Å². The highest BCUT2D eigenvalue weighted by atomic mass is 32.2. The second kappa shape index (κ2) is 9.84. The zero-order valence-corrected chi connectivity index (χ0v) is 18.8. The zero-order chi connectivity index (χ0) is 21.7. The van der Waals surface area contributed by atoms with Gasteiger partial charge in [0.1, 0.15) is 17.8 Å². The van der Waals surface area contributed by atoms with E-state index in [9.17, 15) is 0 Å². The largest absolute Gasteiger partial charge is 0.479 e. The van der Waals surface area contributed by atoms with E-state index in [1.54, 1.807) is 25.3 Å². The number of aliphatic imine (C=N–C) groups is 1. The smallest absolute Gasteiger partial charge is 0.241 e. The Morgan fingerprint density at radius 1 is 1.37 bits per heavy atom. The minimum atomic E-state index is 0.249. The van der Waals surface area contributed by atoms with E-state index in [1.165, 1.54) is 12.5 Å². The molecule has 1 fully saturated rings. The molecule has 30 heavy (non-hydrogen) atoms. The maximum Gasteiger partial charge on any atom is 0.241 e. The summed E-state index contributed by atoms with van der Waals surface area (Å²) in [7, 11) is 1.61. The Kier molecular flexibility index (Phi) is 7.20. The van der Waals surface area contributed by atoms with Gasteiger partial charge < -0.3 is 10.1 Å². The summed E-state index contributed by atoms with van der Waals surface area (Å²) < 4.78 is 10.9. The van der Waals surface area contributed by atoms with Crippen LogP contribution in [0.4, 0.5) is 5.95 Å². The lowest BCUT2D eigenvalue weighted by molar-refractivity contribution is 0.393. The molecular formula is C20H28N8OS. The molecule has 0 saturated heterocycles. The van der Waals surface area contributed by atoms with Gasteiger partial charge in [0, 0.05) is 30.5 Å². The van der Waals surface area contributed by atoms with E-state index >= 15 is 0 Å². The topological polar surface area (TPSA) is 114 Å². The standard InChI is InChI=1S/C20H28N8OS/c1-6-8-15-25-26-20(27-30-18-13(4)16(18)22-10-12(3)9-21)28(15)17-14(7-2)23-11-24-19(17)29-5/h9-11,13,18,21H,6-8H2,1-5H3,(H,26,27)/b12-10-,21-9?,22-16?. The molecule has 160 valence electrons. The van der Waals surface area contributed by atoms with Gasteiger partial charge in [-0.05, 0) is 37.3 Å². The first-order valence-corrected chi connectivity index (χ1v) is 10.9. The van der Waals surface area contributed by atoms with Crippen molar-refractivity contribution < 1.29 is 4.74 Å². The van der Waals surface area contributed by atoms with Gasteiger partial charge in [-0.1, -0.05) is 20.8 Å². The van der Waals surface area contributed by atoms with Crippen LogP contribution in [0.25, 0.3) is 5.69 Å². The van der Waals surface area contributed by atoms with Gasteiger partial charge in [0.15, 0.2) is 0 Å². The number of nitrogens with one attached hydrogen (secondary N) is 2. The van der Waals surface area contributed by atoms with Crippen molar-refractivity contribution in [2.75, 3.05) is 11.8 Å². The van der Waals surface area contributed by atoms with Crippen LogP contribution in [-0.2, 0) is 12.8 Å². The minimum absolute atomic E-state index is 0.249. The first-order chi connectivity index (χ1) is 14.5. The van der Waals surface area contributed by atoms with Gasteiger partial charge in [0.05, 0.1) is 18.1 Å². The Labute approximate surface area is 181 Å². The summed E-state index contributed by atoms with van der Waals surface area (Å²) >= 11 is 1.57. The third kappa shape index (κ3) is 4.53. The van der Waals surface area contributed by atoms with Crippen LogP contribution >= 0.6 is 11.9 Å². The number of aryl methyl sites for hydroxylation is 2. The van der Waals surface area contributed by atoms with Crippen molar-refractivity contribution in [2.45, 2.75) is 52.2 Å². The number of allylic oxidation sites excluding steroid dienone is 1. The number of ether oxygens (including phenoxy) is 1. The van der Waals surface area contributed by atoms with Crippen molar-refractivity contribution in [1.82, 2.24) is 24.7 Å². The van der Waals surface area contributed by atoms with Crippen LogP contribution in [0.2, 0.25) is 0 Å². The molecule has 2 unspecified atom stereocenters. The fourth-order valence-electron chi connectivity index (χ4n) is 3.06. The van der Waals surface area contributed by atoms with Crippen molar-refractivity contribution in [3.63, 3.8) is 0 Å². The summed E-state index contributed by atoms with van der Waals surface area (Å²) in [5, 5.41) is 16.3. The van der Waals surface area contributed by atoms with Crippen LogP contribution in [0.3, 0.4) is 0 Å². The van der Waals surface area contributed by atoms with Gasteiger partial charge in [-0.3, -0.25) is 14.3 Å². The van der Waals surface area contributed by atoms with Crippen molar-refractivity contribution in [1.29, 1.82) is 5.41 Å². The summed E-state index contributed by atoms with van der Waals surface area (Å²) in [5.41, 5.74) is 3.58. The Morgan fingerprint density at radius 2 is 2.17 bits per heavy atom. The zero-order valence-electron chi connectivity index (χ0n) is 18.0. The van der Waals surface area contributed by atoms with Gasteiger partial charge in [-0.15, -0.1) is 10.2 Å². The van der Waals surface area contributed by atoms with Crippen molar-refractivity contribution in [2.24, 2.45) is 10.9 Å². The van der Waals surface area contributed by atoms with Crippen molar-refractivity contribution in [3.05, 3.63) is 29.6 Å². The van der Waals surface area contributed by atoms with Crippen molar-refractivity contribution >= 4 is 29.8 Å². The quantitative estimate of drug-likeness (QED) is 0.438. The number of anilines is 1. The van der Waals surface area contributed by atoms with E-state index in [0.29, 0.717) is 17.7 Å². The molecule has 2 atom stereocenters. The predicted molar refractivity (Wildman–Crippen MR) is 121 cm³/mol. The third-order valence-corrected chi connectivity index (χ3v) is 6.05.